The van der Waals surface area contributed by atoms with E-state index < -0.39 is 34.2 Å². The Morgan fingerprint density at radius 1 is 1.28 bits per heavy atom. The lowest BCUT2D eigenvalue weighted by Gasteiger charge is -2.06. The van der Waals surface area contributed by atoms with Crippen molar-refractivity contribution in [2.75, 3.05) is 16.8 Å². The third-order valence-corrected chi connectivity index (χ3v) is 3.48. The molecular weight excluding hydrogens is 301 g/mol. The molecule has 0 heterocycles. The molecule has 0 saturated heterocycles. The Labute approximate surface area is 116 Å². The van der Waals surface area contributed by atoms with E-state index in [2.05, 4.69) is 5.32 Å². The number of nitrogens with one attached hydrogen (secondary N) is 1. The molecule has 0 bridgehead atoms. The van der Waals surface area contributed by atoms with E-state index in [-0.39, 0.29) is 5.02 Å². The molecule has 1 rings (SSSR count). The number of halogens is 2. The van der Waals surface area contributed by atoms with Gasteiger partial charge in [-0.25, -0.2) is 0 Å². The van der Waals surface area contributed by atoms with E-state index in [1.54, 1.807) is 0 Å². The van der Waals surface area contributed by atoms with Crippen molar-refractivity contribution in [2.24, 2.45) is 0 Å². The van der Waals surface area contributed by atoms with Gasteiger partial charge in [-0.15, -0.1) is 0 Å². The zero-order valence-electron chi connectivity index (χ0n) is 8.98. The maximum absolute atomic E-state index is 11.5. The van der Waals surface area contributed by atoms with Crippen LogP contribution in [0.4, 0.5) is 5.69 Å². The van der Waals surface area contributed by atoms with Gasteiger partial charge in [-0.05, 0) is 18.2 Å². The first-order chi connectivity index (χ1) is 8.38. The van der Waals surface area contributed by atoms with Crippen molar-refractivity contribution >= 4 is 51.6 Å². The minimum atomic E-state index is -1.75. The summed E-state index contributed by atoms with van der Waals surface area (Å²) in [4.78, 5) is 21.7. The molecule has 0 spiro atoms. The lowest BCUT2D eigenvalue weighted by molar-refractivity contribution is -0.133. The van der Waals surface area contributed by atoms with Crippen LogP contribution >= 0.6 is 23.2 Å². The van der Waals surface area contributed by atoms with Crippen LogP contribution in [0.25, 0.3) is 0 Å². The Morgan fingerprint density at radius 2 is 1.94 bits per heavy atom. The Hall–Kier alpha value is -1.11. The molecule has 1 unspecified atom stereocenters. The normalized spacial score (nSPS) is 11.9. The van der Waals surface area contributed by atoms with Crippen LogP contribution in [0, 0.1) is 0 Å². The minimum Gasteiger partial charge on any atom is -0.481 e. The zero-order chi connectivity index (χ0) is 13.7. The topological polar surface area (TPSA) is 83.5 Å². The summed E-state index contributed by atoms with van der Waals surface area (Å²) < 4.78 is 11.2. The second-order valence-electron chi connectivity index (χ2n) is 3.29. The Morgan fingerprint density at radius 3 is 2.50 bits per heavy atom. The molecule has 0 aromatic heterocycles. The number of hydrogen-bond acceptors (Lipinski definition) is 3. The molecule has 5 nitrogen and oxygen atoms in total. The minimum absolute atomic E-state index is 0.250. The molecule has 0 fully saturated rings. The van der Waals surface area contributed by atoms with Crippen LogP contribution in [0.2, 0.25) is 10.0 Å². The van der Waals surface area contributed by atoms with Gasteiger partial charge in [0, 0.05) is 15.8 Å². The summed E-state index contributed by atoms with van der Waals surface area (Å²) >= 11 is 11.5. The van der Waals surface area contributed by atoms with Gasteiger partial charge in [-0.2, -0.15) is 0 Å². The van der Waals surface area contributed by atoms with Gasteiger partial charge in [-0.3, -0.25) is 13.8 Å². The van der Waals surface area contributed by atoms with Crippen molar-refractivity contribution in [3.05, 3.63) is 28.2 Å². The Kier molecular flexibility index (Phi) is 5.58. The third kappa shape index (κ3) is 5.03. The summed E-state index contributed by atoms with van der Waals surface area (Å²) in [6, 6.07) is 4.49. The Balaban J connectivity index is 2.59. The molecular formula is C10H9Cl2NO4S. The second kappa shape index (κ2) is 6.72. The van der Waals surface area contributed by atoms with Crippen molar-refractivity contribution in [3.8, 4) is 0 Å². The first kappa shape index (κ1) is 14.9. The van der Waals surface area contributed by atoms with Crippen molar-refractivity contribution in [2.45, 2.75) is 0 Å². The number of carboxylic acids is 1. The number of carbonyl (C=O) groups excluding carboxylic acids is 1. The fourth-order valence-corrected chi connectivity index (χ4v) is 2.31. The molecule has 2 N–H and O–H groups in total. The summed E-state index contributed by atoms with van der Waals surface area (Å²) in [5.74, 6) is -2.75. The first-order valence-electron chi connectivity index (χ1n) is 4.70. The summed E-state index contributed by atoms with van der Waals surface area (Å²) in [6.45, 7) is 0. The van der Waals surface area contributed by atoms with Crippen LogP contribution in [-0.2, 0) is 20.4 Å². The van der Waals surface area contributed by atoms with Crippen molar-refractivity contribution in [1.82, 2.24) is 0 Å². The predicted molar refractivity (Wildman–Crippen MR) is 70.6 cm³/mol. The fourth-order valence-electron chi connectivity index (χ4n) is 1.11. The average Bonchev–Trinajstić information content (AvgIpc) is 2.20. The van der Waals surface area contributed by atoms with E-state index >= 15 is 0 Å². The molecule has 0 aliphatic carbocycles. The van der Waals surface area contributed by atoms with Gasteiger partial charge in [0.25, 0.3) is 0 Å². The standard InChI is InChI=1S/C10H9Cl2NO4S/c11-6-1-2-8(7(12)3-6)13-9(14)4-18(17)5-10(15)16/h1-3H,4-5H2,(H,13,14)(H,15,16). The van der Waals surface area contributed by atoms with Gasteiger partial charge in [0.1, 0.15) is 11.5 Å². The van der Waals surface area contributed by atoms with E-state index in [1.165, 1.54) is 18.2 Å². The molecule has 98 valence electrons. The number of hydrogen-bond donors (Lipinski definition) is 2. The number of amides is 1. The predicted octanol–water partition coefficient (Wildman–Crippen LogP) is 1.77. The lowest BCUT2D eigenvalue weighted by atomic mass is 10.3. The number of rotatable bonds is 5. The SMILES string of the molecule is O=C(O)CS(=O)CC(=O)Nc1ccc(Cl)cc1Cl. The lowest BCUT2D eigenvalue weighted by Crippen LogP contribution is -2.23. The van der Waals surface area contributed by atoms with Crippen LogP contribution in [0.1, 0.15) is 0 Å². The van der Waals surface area contributed by atoms with Crippen LogP contribution in [0.15, 0.2) is 18.2 Å². The summed E-state index contributed by atoms with van der Waals surface area (Å²) in [5.41, 5.74) is 0.332. The molecule has 1 atom stereocenters. The molecule has 0 saturated carbocycles. The summed E-state index contributed by atoms with van der Waals surface area (Å²) in [7, 11) is -1.75. The Bertz CT molecular complexity index is 507. The number of carbonyl (C=O) groups is 2. The third-order valence-electron chi connectivity index (χ3n) is 1.78. The van der Waals surface area contributed by atoms with Gasteiger partial charge in [0.05, 0.1) is 10.7 Å². The maximum Gasteiger partial charge on any atom is 0.316 e. The molecule has 0 aliphatic heterocycles. The van der Waals surface area contributed by atoms with E-state index in [4.69, 9.17) is 28.3 Å². The monoisotopic (exact) mass is 309 g/mol. The molecule has 1 amide bonds. The molecule has 0 aliphatic rings. The van der Waals surface area contributed by atoms with Gasteiger partial charge < -0.3 is 10.4 Å². The van der Waals surface area contributed by atoms with Gasteiger partial charge in [-0.1, -0.05) is 23.2 Å². The number of aliphatic carboxylic acids is 1. The fraction of sp³-hybridized carbons (Fsp3) is 0.200. The number of anilines is 1. The second-order valence-corrected chi connectivity index (χ2v) is 5.60. The van der Waals surface area contributed by atoms with E-state index in [1.807, 2.05) is 0 Å². The molecule has 1 aromatic rings. The molecule has 8 heteroatoms. The highest BCUT2D eigenvalue weighted by Gasteiger charge is 2.12. The van der Waals surface area contributed by atoms with Gasteiger partial charge >= 0.3 is 5.97 Å². The number of carboxylic acid groups (broad SMARTS) is 1. The molecule has 0 radical (unpaired) electrons. The van der Waals surface area contributed by atoms with Crippen LogP contribution in [0.3, 0.4) is 0 Å². The molecule has 1 aromatic carbocycles. The van der Waals surface area contributed by atoms with Gasteiger partial charge in [0.2, 0.25) is 5.91 Å². The highest BCUT2D eigenvalue weighted by molar-refractivity contribution is 7.86. The van der Waals surface area contributed by atoms with Crippen molar-refractivity contribution in [1.29, 1.82) is 0 Å². The highest BCUT2D eigenvalue weighted by atomic mass is 35.5. The van der Waals surface area contributed by atoms with Crippen molar-refractivity contribution < 1.29 is 18.9 Å². The van der Waals surface area contributed by atoms with Crippen molar-refractivity contribution in [3.63, 3.8) is 0 Å². The largest absolute Gasteiger partial charge is 0.481 e. The highest BCUT2D eigenvalue weighted by Crippen LogP contribution is 2.25. The molecule has 18 heavy (non-hydrogen) atoms. The quantitative estimate of drug-likeness (QED) is 0.868. The van der Waals surface area contributed by atoms with Crippen LogP contribution < -0.4 is 5.32 Å². The van der Waals surface area contributed by atoms with Gasteiger partial charge in [0.15, 0.2) is 0 Å². The van der Waals surface area contributed by atoms with Crippen LogP contribution in [-0.4, -0.2) is 32.7 Å². The summed E-state index contributed by atoms with van der Waals surface area (Å²) in [6.07, 6.45) is 0. The first-order valence-corrected chi connectivity index (χ1v) is 6.94. The number of benzene rings is 1. The van der Waals surface area contributed by atoms with Crippen LogP contribution in [0.5, 0.6) is 0 Å². The smallest absolute Gasteiger partial charge is 0.316 e. The zero-order valence-corrected chi connectivity index (χ0v) is 11.3. The summed E-state index contributed by atoms with van der Waals surface area (Å²) in [5, 5.41) is 11.5. The van der Waals surface area contributed by atoms with E-state index in [9.17, 15) is 13.8 Å². The van der Waals surface area contributed by atoms with E-state index in [0.717, 1.165) is 0 Å². The maximum atomic E-state index is 11.5. The van der Waals surface area contributed by atoms with E-state index in [0.29, 0.717) is 10.7 Å². The average molecular weight is 310 g/mol.